The lowest BCUT2D eigenvalue weighted by Crippen LogP contribution is -2.51. The van der Waals surface area contributed by atoms with Crippen molar-refractivity contribution in [3.63, 3.8) is 0 Å². The number of hydrogen-bond donors (Lipinski definition) is 2. The topological polar surface area (TPSA) is 69.6 Å². The quantitative estimate of drug-likeness (QED) is 0.805. The Labute approximate surface area is 108 Å². The molecular formula is C13H22N2O3. The van der Waals surface area contributed by atoms with Gasteiger partial charge in [0.15, 0.2) is 0 Å². The molecule has 2 fully saturated rings. The highest BCUT2D eigenvalue weighted by Gasteiger charge is 2.30. The maximum absolute atomic E-state index is 11.9. The highest BCUT2D eigenvalue weighted by molar-refractivity contribution is 5.74. The summed E-state index contributed by atoms with van der Waals surface area (Å²) in [6.45, 7) is 3.57. The van der Waals surface area contributed by atoms with Crippen molar-refractivity contribution in [2.45, 2.75) is 45.1 Å². The standard InChI is InChI=1S/C13H22N2O3/c1-9-6-11(7-9)14-13(18)15-4-2-10(3-5-15)8-12(16)17/h9-11H,2-8H2,1H3,(H,14,18)(H,16,17). The van der Waals surface area contributed by atoms with Crippen LogP contribution in [-0.2, 0) is 4.79 Å². The number of carbonyl (C=O) groups is 2. The van der Waals surface area contributed by atoms with Crippen LogP contribution in [-0.4, -0.2) is 41.1 Å². The molecule has 2 rings (SSSR count). The molecule has 0 radical (unpaired) electrons. The molecule has 5 heteroatoms. The number of hydrogen-bond acceptors (Lipinski definition) is 2. The minimum absolute atomic E-state index is 0.0284. The zero-order valence-corrected chi connectivity index (χ0v) is 10.9. The maximum atomic E-state index is 11.9. The third-order valence-electron chi connectivity index (χ3n) is 4.07. The number of nitrogens with zero attached hydrogens (tertiary/aromatic N) is 1. The van der Waals surface area contributed by atoms with Crippen molar-refractivity contribution in [3.8, 4) is 0 Å². The number of likely N-dealkylation sites (tertiary alicyclic amines) is 1. The van der Waals surface area contributed by atoms with Crippen LogP contribution in [0.2, 0.25) is 0 Å². The van der Waals surface area contributed by atoms with Gasteiger partial charge in [-0.15, -0.1) is 0 Å². The summed E-state index contributed by atoms with van der Waals surface area (Å²) in [6, 6.07) is 0.380. The van der Waals surface area contributed by atoms with Gasteiger partial charge >= 0.3 is 12.0 Å². The van der Waals surface area contributed by atoms with E-state index in [1.165, 1.54) is 0 Å². The predicted molar refractivity (Wildman–Crippen MR) is 67.3 cm³/mol. The van der Waals surface area contributed by atoms with Crippen molar-refractivity contribution >= 4 is 12.0 Å². The van der Waals surface area contributed by atoms with Gasteiger partial charge in [0.2, 0.25) is 0 Å². The molecular weight excluding hydrogens is 232 g/mol. The van der Waals surface area contributed by atoms with Crippen molar-refractivity contribution in [2.75, 3.05) is 13.1 Å². The molecule has 2 aliphatic rings. The van der Waals surface area contributed by atoms with Crippen LogP contribution >= 0.6 is 0 Å². The summed E-state index contributed by atoms with van der Waals surface area (Å²) in [4.78, 5) is 24.4. The molecule has 2 N–H and O–H groups in total. The normalized spacial score (nSPS) is 28.6. The highest BCUT2D eigenvalue weighted by Crippen LogP contribution is 2.27. The van der Waals surface area contributed by atoms with Crippen LogP contribution in [0.3, 0.4) is 0 Å². The number of urea groups is 1. The van der Waals surface area contributed by atoms with Crippen molar-refractivity contribution < 1.29 is 14.7 Å². The van der Waals surface area contributed by atoms with E-state index in [4.69, 9.17) is 5.11 Å². The molecule has 1 saturated carbocycles. The molecule has 0 aromatic rings. The molecule has 1 heterocycles. The number of rotatable bonds is 3. The second-order valence-electron chi connectivity index (χ2n) is 5.75. The van der Waals surface area contributed by atoms with Crippen LogP contribution in [0.25, 0.3) is 0 Å². The van der Waals surface area contributed by atoms with Gasteiger partial charge in [-0.2, -0.15) is 0 Å². The molecule has 1 saturated heterocycles. The number of carboxylic acids is 1. The van der Waals surface area contributed by atoms with Crippen LogP contribution in [0, 0.1) is 11.8 Å². The lowest BCUT2D eigenvalue weighted by molar-refractivity contribution is -0.138. The third kappa shape index (κ3) is 3.37. The Morgan fingerprint density at radius 1 is 1.28 bits per heavy atom. The van der Waals surface area contributed by atoms with E-state index in [1.54, 1.807) is 0 Å². The van der Waals surface area contributed by atoms with Crippen LogP contribution < -0.4 is 5.32 Å². The van der Waals surface area contributed by atoms with Gasteiger partial charge in [-0.1, -0.05) is 6.92 Å². The second kappa shape index (κ2) is 5.59. The van der Waals surface area contributed by atoms with Gasteiger partial charge in [-0.25, -0.2) is 4.79 Å². The highest BCUT2D eigenvalue weighted by atomic mass is 16.4. The first-order chi connectivity index (χ1) is 8.54. The number of amides is 2. The zero-order chi connectivity index (χ0) is 13.1. The molecule has 0 aromatic carbocycles. The van der Waals surface area contributed by atoms with Gasteiger partial charge < -0.3 is 15.3 Å². The Morgan fingerprint density at radius 3 is 2.39 bits per heavy atom. The van der Waals surface area contributed by atoms with Crippen LogP contribution in [0.15, 0.2) is 0 Å². The van der Waals surface area contributed by atoms with Crippen molar-refractivity contribution in [2.24, 2.45) is 11.8 Å². The zero-order valence-electron chi connectivity index (χ0n) is 10.9. The molecule has 2 amide bonds. The SMILES string of the molecule is CC1CC(NC(=O)N2CCC(CC(=O)O)CC2)C1. The third-order valence-corrected chi connectivity index (χ3v) is 4.07. The smallest absolute Gasteiger partial charge is 0.317 e. The Hall–Kier alpha value is -1.26. The summed E-state index contributed by atoms with van der Waals surface area (Å²) in [5.41, 5.74) is 0. The first-order valence-corrected chi connectivity index (χ1v) is 6.82. The van der Waals surface area contributed by atoms with Gasteiger partial charge in [0.05, 0.1) is 0 Å². The average molecular weight is 254 g/mol. The molecule has 1 aliphatic carbocycles. The van der Waals surface area contributed by atoms with Gasteiger partial charge in [0.1, 0.15) is 0 Å². The summed E-state index contributed by atoms with van der Waals surface area (Å²) in [7, 11) is 0. The molecule has 18 heavy (non-hydrogen) atoms. The van der Waals surface area contributed by atoms with Gasteiger partial charge in [0.25, 0.3) is 0 Å². The monoisotopic (exact) mass is 254 g/mol. The van der Waals surface area contributed by atoms with Crippen LogP contribution in [0.1, 0.15) is 39.0 Å². The maximum Gasteiger partial charge on any atom is 0.317 e. The van der Waals surface area contributed by atoms with E-state index in [0.29, 0.717) is 19.1 Å². The number of carboxylic acid groups (broad SMARTS) is 1. The summed E-state index contributed by atoms with van der Waals surface area (Å²) in [5.74, 6) is 0.230. The summed E-state index contributed by atoms with van der Waals surface area (Å²) >= 11 is 0. The van der Waals surface area contributed by atoms with E-state index in [2.05, 4.69) is 12.2 Å². The molecule has 0 bridgehead atoms. The minimum Gasteiger partial charge on any atom is -0.481 e. The van der Waals surface area contributed by atoms with Gasteiger partial charge in [-0.3, -0.25) is 4.79 Å². The predicted octanol–water partition coefficient (Wildman–Crippen LogP) is 1.68. The summed E-state index contributed by atoms with van der Waals surface area (Å²) in [6.07, 6.45) is 4.01. The Bertz CT molecular complexity index is 318. The van der Waals surface area contributed by atoms with Crippen molar-refractivity contribution in [1.82, 2.24) is 10.2 Å². The van der Waals surface area contributed by atoms with Crippen molar-refractivity contribution in [3.05, 3.63) is 0 Å². The van der Waals surface area contributed by atoms with Gasteiger partial charge in [0, 0.05) is 25.6 Å². The number of piperidine rings is 1. The van der Waals surface area contributed by atoms with E-state index in [9.17, 15) is 9.59 Å². The van der Waals surface area contributed by atoms with E-state index in [-0.39, 0.29) is 18.4 Å². The van der Waals surface area contributed by atoms with Gasteiger partial charge in [-0.05, 0) is 37.5 Å². The number of carbonyl (C=O) groups excluding carboxylic acids is 1. The Kier molecular flexibility index (Phi) is 4.09. The fourth-order valence-electron chi connectivity index (χ4n) is 2.87. The molecule has 1 aliphatic heterocycles. The van der Waals surface area contributed by atoms with Crippen molar-refractivity contribution in [1.29, 1.82) is 0 Å². The molecule has 0 spiro atoms. The Morgan fingerprint density at radius 2 is 1.89 bits per heavy atom. The lowest BCUT2D eigenvalue weighted by Gasteiger charge is -2.37. The first kappa shape index (κ1) is 13.2. The fraction of sp³-hybridized carbons (Fsp3) is 0.846. The first-order valence-electron chi connectivity index (χ1n) is 6.82. The van der Waals surface area contributed by atoms with Crippen LogP contribution in [0.4, 0.5) is 4.79 Å². The fourth-order valence-corrected chi connectivity index (χ4v) is 2.87. The molecule has 0 unspecified atom stereocenters. The number of aliphatic carboxylic acids is 1. The van der Waals surface area contributed by atoms with Crippen LogP contribution in [0.5, 0.6) is 0 Å². The second-order valence-corrected chi connectivity index (χ2v) is 5.75. The van der Waals surface area contributed by atoms with E-state index in [1.807, 2.05) is 4.90 Å². The molecule has 5 nitrogen and oxygen atoms in total. The summed E-state index contributed by atoms with van der Waals surface area (Å²) < 4.78 is 0. The largest absolute Gasteiger partial charge is 0.481 e. The average Bonchev–Trinajstić information content (AvgIpc) is 2.27. The van der Waals surface area contributed by atoms with E-state index >= 15 is 0 Å². The lowest BCUT2D eigenvalue weighted by atomic mass is 9.82. The van der Waals surface area contributed by atoms with E-state index in [0.717, 1.165) is 31.6 Å². The molecule has 0 atom stereocenters. The minimum atomic E-state index is -0.735. The number of nitrogens with one attached hydrogen (secondary N) is 1. The molecule has 0 aromatic heterocycles. The molecule has 102 valence electrons. The summed E-state index contributed by atoms with van der Waals surface area (Å²) in [5, 5.41) is 11.8. The Balaban J connectivity index is 1.69. The van der Waals surface area contributed by atoms with E-state index < -0.39 is 5.97 Å².